The van der Waals surface area contributed by atoms with Crippen molar-refractivity contribution >= 4 is 0 Å². The summed E-state index contributed by atoms with van der Waals surface area (Å²) in [6.45, 7) is 5.49. The largest absolute Gasteiger partial charge is 0.496 e. The van der Waals surface area contributed by atoms with Crippen LogP contribution in [0.25, 0.3) is 0 Å². The van der Waals surface area contributed by atoms with Gasteiger partial charge in [0.15, 0.2) is 0 Å². The van der Waals surface area contributed by atoms with Gasteiger partial charge in [0.2, 0.25) is 0 Å². The van der Waals surface area contributed by atoms with Crippen molar-refractivity contribution in [1.29, 1.82) is 0 Å². The molecule has 0 amide bonds. The molecule has 1 rings (SSSR count). The minimum absolute atomic E-state index is 0.482. The number of rotatable bonds is 5. The van der Waals surface area contributed by atoms with Crippen molar-refractivity contribution in [2.75, 3.05) is 14.2 Å². The molecule has 0 aliphatic heterocycles. The lowest BCUT2D eigenvalue weighted by Gasteiger charge is -2.22. The molecule has 0 saturated heterocycles. The van der Waals surface area contributed by atoms with Crippen LogP contribution in [-0.2, 0) is 17.1 Å². The molecule has 0 spiro atoms. The van der Waals surface area contributed by atoms with E-state index in [0.717, 1.165) is 11.1 Å². The Morgan fingerprint density at radius 2 is 1.94 bits per heavy atom. The summed E-state index contributed by atoms with van der Waals surface area (Å²) in [6.07, 6.45) is 0. The second-order valence-electron chi connectivity index (χ2n) is 4.44. The monoisotopic (exact) mass is 241 g/mol. The average Bonchev–Trinajstić information content (AvgIpc) is 2.25. The van der Waals surface area contributed by atoms with Gasteiger partial charge in [-0.15, -0.1) is 0 Å². The average molecular weight is 241 g/mol. The van der Waals surface area contributed by atoms with Gasteiger partial charge in [-0.05, 0) is 26.3 Å². The first kappa shape index (κ1) is 13.9. The number of hydrogen-bond donors (Lipinski definition) is 1. The lowest BCUT2D eigenvalue weighted by Crippen LogP contribution is -2.17. The number of alkyl halides is 1. The SMILES string of the molecule is CONCc1c(C)ccc(C(C)(C)F)c1OC. The fourth-order valence-electron chi connectivity index (χ4n) is 1.79. The van der Waals surface area contributed by atoms with Gasteiger partial charge in [-0.3, -0.25) is 0 Å². The fraction of sp³-hybridized carbons (Fsp3) is 0.538. The van der Waals surface area contributed by atoms with Crippen molar-refractivity contribution in [3.63, 3.8) is 0 Å². The van der Waals surface area contributed by atoms with E-state index in [4.69, 9.17) is 9.57 Å². The summed E-state index contributed by atoms with van der Waals surface area (Å²) in [5.41, 5.74) is 3.84. The highest BCUT2D eigenvalue weighted by Crippen LogP contribution is 2.36. The Balaban J connectivity index is 3.26. The Hall–Kier alpha value is -1.13. The molecule has 1 aromatic rings. The zero-order valence-electron chi connectivity index (χ0n) is 11.1. The lowest BCUT2D eigenvalue weighted by atomic mass is 9.94. The maximum absolute atomic E-state index is 14.1. The normalized spacial score (nSPS) is 11.6. The third-order valence-electron chi connectivity index (χ3n) is 2.73. The molecule has 0 atom stereocenters. The number of hydroxylamine groups is 1. The molecule has 0 aliphatic carbocycles. The van der Waals surface area contributed by atoms with E-state index in [1.54, 1.807) is 20.3 Å². The van der Waals surface area contributed by atoms with Gasteiger partial charge in [0.25, 0.3) is 0 Å². The number of nitrogens with one attached hydrogen (secondary N) is 1. The van der Waals surface area contributed by atoms with Crippen molar-refractivity contribution in [3.8, 4) is 5.75 Å². The minimum atomic E-state index is -1.43. The minimum Gasteiger partial charge on any atom is -0.496 e. The molecule has 4 heteroatoms. The molecule has 3 nitrogen and oxygen atoms in total. The summed E-state index contributed by atoms with van der Waals surface area (Å²) in [5.74, 6) is 0.585. The van der Waals surface area contributed by atoms with E-state index in [0.29, 0.717) is 17.9 Å². The molecule has 17 heavy (non-hydrogen) atoms. The number of aryl methyl sites for hydroxylation is 1. The molecule has 0 unspecified atom stereocenters. The molecule has 0 bridgehead atoms. The van der Waals surface area contributed by atoms with Crippen LogP contribution in [0.3, 0.4) is 0 Å². The zero-order chi connectivity index (χ0) is 13.1. The van der Waals surface area contributed by atoms with Gasteiger partial charge in [0, 0.05) is 17.7 Å². The molecule has 0 saturated carbocycles. The van der Waals surface area contributed by atoms with Crippen LogP contribution in [0, 0.1) is 6.92 Å². The van der Waals surface area contributed by atoms with E-state index in [2.05, 4.69) is 5.48 Å². The van der Waals surface area contributed by atoms with Crippen LogP contribution < -0.4 is 10.2 Å². The smallest absolute Gasteiger partial charge is 0.134 e. The molecule has 96 valence electrons. The molecule has 0 aliphatic rings. The summed E-state index contributed by atoms with van der Waals surface area (Å²) in [4.78, 5) is 4.83. The summed E-state index contributed by atoms with van der Waals surface area (Å²) in [7, 11) is 3.10. The summed E-state index contributed by atoms with van der Waals surface area (Å²) in [6, 6.07) is 3.66. The Morgan fingerprint density at radius 3 is 2.41 bits per heavy atom. The van der Waals surface area contributed by atoms with Crippen LogP contribution in [0.1, 0.15) is 30.5 Å². The Kier molecular flexibility index (Phi) is 4.48. The highest BCUT2D eigenvalue weighted by Gasteiger charge is 2.25. The summed E-state index contributed by atoms with van der Waals surface area (Å²) >= 11 is 0. The van der Waals surface area contributed by atoms with E-state index in [-0.39, 0.29) is 0 Å². The third kappa shape index (κ3) is 3.17. The van der Waals surface area contributed by atoms with Crippen molar-refractivity contribution in [2.45, 2.75) is 33.0 Å². The van der Waals surface area contributed by atoms with Crippen LogP contribution in [0.5, 0.6) is 5.75 Å². The Morgan fingerprint density at radius 1 is 1.29 bits per heavy atom. The Labute approximate surface area is 102 Å². The standard InChI is InChI=1S/C13H20FNO2/c1-9-6-7-11(13(2,3)14)12(16-4)10(9)8-15-17-5/h6-7,15H,8H2,1-5H3. The van der Waals surface area contributed by atoms with Crippen LogP contribution in [0.4, 0.5) is 4.39 Å². The van der Waals surface area contributed by atoms with Gasteiger partial charge in [-0.25, -0.2) is 4.39 Å². The van der Waals surface area contributed by atoms with E-state index in [9.17, 15) is 4.39 Å². The quantitative estimate of drug-likeness (QED) is 0.804. The van der Waals surface area contributed by atoms with Gasteiger partial charge in [0.1, 0.15) is 11.4 Å². The molecular weight excluding hydrogens is 221 g/mol. The highest BCUT2D eigenvalue weighted by atomic mass is 19.1. The first-order valence-corrected chi connectivity index (χ1v) is 5.53. The molecule has 0 fully saturated rings. The first-order valence-electron chi connectivity index (χ1n) is 5.53. The molecule has 0 aromatic heterocycles. The summed E-state index contributed by atoms with van der Waals surface area (Å²) < 4.78 is 19.4. The predicted octanol–water partition coefficient (Wildman–Crippen LogP) is 2.86. The number of methoxy groups -OCH3 is 1. The molecule has 1 aromatic carbocycles. The Bertz CT molecular complexity index is 386. The maximum atomic E-state index is 14.1. The lowest BCUT2D eigenvalue weighted by molar-refractivity contribution is 0.0858. The van der Waals surface area contributed by atoms with Crippen LogP contribution >= 0.6 is 0 Å². The van der Waals surface area contributed by atoms with Gasteiger partial charge in [0.05, 0.1) is 14.2 Å². The van der Waals surface area contributed by atoms with E-state index >= 15 is 0 Å². The topological polar surface area (TPSA) is 30.5 Å². The van der Waals surface area contributed by atoms with Crippen molar-refractivity contribution < 1.29 is 14.0 Å². The first-order chi connectivity index (χ1) is 7.91. The maximum Gasteiger partial charge on any atom is 0.134 e. The number of ether oxygens (including phenoxy) is 1. The van der Waals surface area contributed by atoms with Crippen molar-refractivity contribution in [2.24, 2.45) is 0 Å². The van der Waals surface area contributed by atoms with Gasteiger partial charge in [-0.1, -0.05) is 12.1 Å². The molecule has 1 N–H and O–H groups in total. The van der Waals surface area contributed by atoms with Gasteiger partial charge >= 0.3 is 0 Å². The highest BCUT2D eigenvalue weighted by molar-refractivity contribution is 5.48. The predicted molar refractivity (Wildman–Crippen MR) is 65.7 cm³/mol. The second-order valence-corrected chi connectivity index (χ2v) is 4.44. The van der Waals surface area contributed by atoms with E-state index in [1.807, 2.05) is 13.0 Å². The van der Waals surface area contributed by atoms with Crippen LogP contribution in [-0.4, -0.2) is 14.2 Å². The van der Waals surface area contributed by atoms with E-state index < -0.39 is 5.67 Å². The molecular formula is C13H20FNO2. The van der Waals surface area contributed by atoms with Crippen molar-refractivity contribution in [3.05, 3.63) is 28.8 Å². The number of halogens is 1. The number of hydrogen-bond acceptors (Lipinski definition) is 3. The summed E-state index contributed by atoms with van der Waals surface area (Å²) in [5, 5.41) is 0. The van der Waals surface area contributed by atoms with Gasteiger partial charge < -0.3 is 9.57 Å². The van der Waals surface area contributed by atoms with Crippen LogP contribution in [0.2, 0.25) is 0 Å². The van der Waals surface area contributed by atoms with Gasteiger partial charge in [-0.2, -0.15) is 5.48 Å². The molecule has 0 heterocycles. The third-order valence-corrected chi connectivity index (χ3v) is 2.73. The van der Waals surface area contributed by atoms with Crippen molar-refractivity contribution in [1.82, 2.24) is 5.48 Å². The zero-order valence-corrected chi connectivity index (χ0v) is 11.1. The molecule has 0 radical (unpaired) electrons. The van der Waals surface area contributed by atoms with Crippen LogP contribution in [0.15, 0.2) is 12.1 Å². The van der Waals surface area contributed by atoms with E-state index in [1.165, 1.54) is 13.8 Å². The number of benzene rings is 1. The second kappa shape index (κ2) is 5.47. The fourth-order valence-corrected chi connectivity index (χ4v) is 1.79.